The van der Waals surface area contributed by atoms with Gasteiger partial charge < -0.3 is 120 Å². The number of nitrogens with two attached hydrogens (primary N) is 3. The number of nitrogens with one attached hydrogen (secondary N) is 11. The van der Waals surface area contributed by atoms with Crippen LogP contribution in [0.4, 0.5) is 0 Å². The SMILES string of the molecule is CCCC[C@H]1C(=O)N(C)[C@@H](CCCC)C(=O)N[C@@H](CC(C)C)C(=O)N[C@H](C(=O)NCC(N)=O)CSCC(=O)N[C@@H](Cc2ccc(O)cc2)C(=O)N(C)[C@@H](C)C(=O)N[C@@H](CC(N)=O)C(=O)N2CCC[C@H]2C(=O)N[C@@H](CC2=CN=CC2)C(=O)N[C@@H](CCC(N)=O)C(=O)N2C[C@H](O)C[C@H]2C(=O)N[C@@H](Cc2c[nH]c3ccccc23)C(=O)NCC(=O)N[C@@H](Cc2cn(CC(=O)O)c3ccccc23)C(=O)N1C. The summed E-state index contributed by atoms with van der Waals surface area (Å²) in [7, 11) is 3.89. The van der Waals surface area contributed by atoms with E-state index in [1.165, 1.54) is 75.5 Å². The number of phenolic OH excluding ortho intramolecular Hbond substituents is 1. The summed E-state index contributed by atoms with van der Waals surface area (Å²) in [4.78, 5) is 287. The Morgan fingerprint density at radius 3 is 1.83 bits per heavy atom. The Morgan fingerprint density at radius 2 is 1.18 bits per heavy atom. The Kier molecular flexibility index (Phi) is 38.9. The lowest BCUT2D eigenvalue weighted by atomic mass is 9.99. The number of primary amides is 3. The molecule has 0 aliphatic carbocycles. The van der Waals surface area contributed by atoms with E-state index in [1.807, 2.05) is 13.8 Å². The van der Waals surface area contributed by atoms with Crippen molar-refractivity contribution < 1.29 is 106 Å². The molecule has 0 spiro atoms. The van der Waals surface area contributed by atoms with E-state index in [4.69, 9.17) is 17.2 Å². The Bertz CT molecular complexity index is 5310. The minimum absolute atomic E-state index is 0.00147. The van der Waals surface area contributed by atoms with Crippen LogP contribution in [0.5, 0.6) is 5.75 Å². The van der Waals surface area contributed by atoms with Crippen molar-refractivity contribution in [1.29, 1.82) is 0 Å². The number of hydrogen-bond donors (Lipinski definition) is 17. The molecule has 18 amide bonds. The summed E-state index contributed by atoms with van der Waals surface area (Å²) in [6, 6.07) is -1.06. The van der Waals surface area contributed by atoms with Crippen LogP contribution in [0.1, 0.15) is 148 Å². The number of thioether (sulfide) groups is 1. The first kappa shape index (κ1) is 106. The number of aromatic nitrogens is 2. The normalized spacial score (nSPS) is 24.5. The molecule has 4 aliphatic heterocycles. The zero-order chi connectivity index (χ0) is 99.5. The maximum Gasteiger partial charge on any atom is 0.323 e. The van der Waals surface area contributed by atoms with E-state index >= 15 is 33.6 Å². The number of carboxylic acids is 1. The number of hydrogen-bond acceptors (Lipinski definition) is 23. The fourth-order valence-corrected chi connectivity index (χ4v) is 17.8. The average Bonchev–Trinajstić information content (AvgIpc) is 1.65. The Balaban J connectivity index is 1.10. The van der Waals surface area contributed by atoms with E-state index in [1.54, 1.807) is 68.6 Å². The number of para-hydroxylation sites is 2. The van der Waals surface area contributed by atoms with Gasteiger partial charge in [-0.1, -0.05) is 102 Å². The fourth-order valence-electron chi connectivity index (χ4n) is 17.0. The number of H-pyrrole nitrogens is 1. The molecule has 9 rings (SSSR count). The van der Waals surface area contributed by atoms with Gasteiger partial charge in [0.2, 0.25) is 106 Å². The van der Waals surface area contributed by atoms with E-state index in [0.29, 0.717) is 69.8 Å². The highest BCUT2D eigenvalue weighted by molar-refractivity contribution is 8.00. The average molecular weight is 1910 g/mol. The van der Waals surface area contributed by atoms with Crippen molar-refractivity contribution in [3.63, 3.8) is 0 Å². The molecule has 0 unspecified atom stereocenters. The smallest absolute Gasteiger partial charge is 0.323 e. The van der Waals surface area contributed by atoms with Gasteiger partial charge in [0.15, 0.2) is 0 Å². The second kappa shape index (κ2) is 50.0. The maximum absolute atomic E-state index is 15.8. The molecule has 0 saturated carbocycles. The zero-order valence-corrected chi connectivity index (χ0v) is 78.3. The van der Waals surface area contributed by atoms with Crippen LogP contribution in [0, 0.1) is 5.92 Å². The highest BCUT2D eigenvalue weighted by Gasteiger charge is 2.47. The van der Waals surface area contributed by atoms with Crippen molar-refractivity contribution in [1.82, 2.24) is 87.2 Å². The number of unbranched alkanes of at least 4 members (excludes halogenated alkanes) is 2. The van der Waals surface area contributed by atoms with Gasteiger partial charge in [-0.2, -0.15) is 0 Å². The Morgan fingerprint density at radius 1 is 0.581 bits per heavy atom. The van der Waals surface area contributed by atoms with Crippen LogP contribution in [0.15, 0.2) is 102 Å². The number of carbonyl (C=O) groups excluding carboxylic acids is 18. The number of fused-ring (bicyclic) bond motifs is 4. The first-order chi connectivity index (χ1) is 64.6. The van der Waals surface area contributed by atoms with E-state index in [9.17, 15) is 72.9 Å². The van der Waals surface area contributed by atoms with Crippen LogP contribution < -0.4 is 70.4 Å². The molecule has 2 aromatic heterocycles. The third-order valence-corrected chi connectivity index (χ3v) is 25.4. The minimum atomic E-state index is -1.80. The van der Waals surface area contributed by atoms with Crippen LogP contribution in [0.25, 0.3) is 21.8 Å². The highest BCUT2D eigenvalue weighted by atomic mass is 32.2. The standard InChI is InChI=1S/C92H125N21O22S/c1-9-11-21-70-85(128)103-62(34-50(3)4)83(126)107-68(82(125)98-43-76(95)118)48-136-49-78(120)101-65(35-52-25-27-56(114)28-26-52)88(131)108(6)51(5)80(123)106-67(40-75(94)117)91(134)112-33-17-24-71(112)86(129)104-63(36-53-31-32-96-41-53)84(127)102-61(29-30-74(93)116)90(133)113-46-57(115)39-73(113)87(130)105-64(37-54-42-97-60-20-15-13-18-58(54)60)81(124)99-44-77(119)100-66(89(132)110(8)72(22-12-10-2)92(135)109(70)7)38-55-45-111(47-79(121)122)69-23-16-14-19-59(55)69/h13-16,18-20,23,25-28,32,41-42,45,50-51,57,61-68,70-73,97,114-115H,9-12,17,21-22,24,29-31,33-40,43-44,46-49H2,1-8H3,(H2,93,116)(H2,94,117)(H2,95,118)(H,98,125)(H,99,124)(H,100,119)(H,101,120)(H,102,127)(H,103,128)(H,104,129)(H,105,130)(H,106,123)(H,107,126)(H,121,122)/t51-,57+,61-,62-,63-,64-,65-,66-,67-,68-,70-,71-,72-,73-/m0/s1. The summed E-state index contributed by atoms with van der Waals surface area (Å²) in [5.41, 5.74) is 19.6. The minimum Gasteiger partial charge on any atom is -0.508 e. The predicted octanol–water partition coefficient (Wildman–Crippen LogP) is -1.95. The molecule has 44 heteroatoms. The van der Waals surface area contributed by atoms with Crippen molar-refractivity contribution in [3.8, 4) is 5.75 Å². The van der Waals surface area contributed by atoms with Gasteiger partial charge in [-0.15, -0.1) is 11.8 Å². The first-order valence-electron chi connectivity index (χ1n) is 45.4. The summed E-state index contributed by atoms with van der Waals surface area (Å²) < 4.78 is 1.43. The number of amides is 18. The molecular weight excluding hydrogens is 1780 g/mol. The summed E-state index contributed by atoms with van der Waals surface area (Å²) in [6.45, 7) is 5.60. The predicted molar refractivity (Wildman–Crippen MR) is 498 cm³/mol. The molecule has 736 valence electrons. The molecule has 6 heterocycles. The number of aliphatic hydroxyl groups is 1. The van der Waals surface area contributed by atoms with Gasteiger partial charge >= 0.3 is 5.97 Å². The number of phenols is 1. The lowest BCUT2D eigenvalue weighted by Gasteiger charge is -2.36. The molecule has 3 saturated heterocycles. The monoisotopic (exact) mass is 1910 g/mol. The van der Waals surface area contributed by atoms with Crippen LogP contribution in [-0.2, 0) is 117 Å². The van der Waals surface area contributed by atoms with E-state index in [2.05, 4.69) is 63.1 Å². The fraction of sp³-hybridized carbons (Fsp3) is 0.522. The van der Waals surface area contributed by atoms with E-state index in [0.717, 1.165) is 36.3 Å². The number of aromatic amines is 1. The number of carboxylic acid groups (broad SMARTS) is 1. The van der Waals surface area contributed by atoms with Gasteiger partial charge in [-0.05, 0) is 104 Å². The molecule has 0 bridgehead atoms. The Hall–Kier alpha value is -13.8. The van der Waals surface area contributed by atoms with Gasteiger partial charge in [0.25, 0.3) is 0 Å². The zero-order valence-electron chi connectivity index (χ0n) is 77.4. The number of nitrogens with zero attached hydrogens (tertiary/aromatic N) is 7. The molecule has 5 aromatic rings. The van der Waals surface area contributed by atoms with Crippen molar-refractivity contribution in [2.75, 3.05) is 58.8 Å². The quantitative estimate of drug-likeness (QED) is 0.0286. The number of aliphatic hydroxyl groups excluding tert-OH is 1. The van der Waals surface area contributed by atoms with Crippen molar-refractivity contribution in [2.24, 2.45) is 28.1 Å². The number of carbonyl (C=O) groups is 19. The second-order valence-electron chi connectivity index (χ2n) is 35.1. The molecule has 3 fully saturated rings. The topological polar surface area (TPSA) is 633 Å². The van der Waals surface area contributed by atoms with Crippen molar-refractivity contribution >= 4 is 152 Å². The number of rotatable bonds is 26. The molecule has 136 heavy (non-hydrogen) atoms. The number of benzene rings is 3. The second-order valence-corrected chi connectivity index (χ2v) is 36.1. The molecule has 20 N–H and O–H groups in total. The van der Waals surface area contributed by atoms with Crippen LogP contribution in [0.2, 0.25) is 0 Å². The lowest BCUT2D eigenvalue weighted by molar-refractivity contribution is -0.149. The van der Waals surface area contributed by atoms with Gasteiger partial charge in [0.05, 0.1) is 31.4 Å². The van der Waals surface area contributed by atoms with Crippen molar-refractivity contribution in [2.45, 2.75) is 241 Å². The number of likely N-dealkylation sites (N-methyl/N-ethyl adjacent to an activating group) is 3. The number of aromatic hydroxyl groups is 1. The van der Waals surface area contributed by atoms with Crippen LogP contribution >= 0.6 is 11.8 Å². The van der Waals surface area contributed by atoms with Crippen molar-refractivity contribution in [3.05, 3.63) is 114 Å². The van der Waals surface area contributed by atoms with Gasteiger partial charge in [0.1, 0.15) is 90.8 Å². The molecule has 14 atom stereocenters. The summed E-state index contributed by atoms with van der Waals surface area (Å²) in [5, 5.41) is 59.1. The molecular formula is C92H125N21O22S. The Labute approximate surface area is 789 Å². The van der Waals surface area contributed by atoms with Gasteiger partial charge in [-0.25, -0.2) is 0 Å². The lowest BCUT2D eigenvalue weighted by Crippen LogP contribution is -2.60. The van der Waals surface area contributed by atoms with Gasteiger partial charge in [0, 0.05) is 125 Å². The molecule has 3 aromatic carbocycles. The first-order valence-corrected chi connectivity index (χ1v) is 46.6. The van der Waals surface area contributed by atoms with E-state index in [-0.39, 0.29) is 82.4 Å². The third-order valence-electron chi connectivity index (χ3n) is 24.3. The van der Waals surface area contributed by atoms with Crippen LogP contribution in [0.3, 0.4) is 0 Å². The molecule has 43 nitrogen and oxygen atoms in total. The number of aliphatic carboxylic acids is 1. The summed E-state index contributed by atoms with van der Waals surface area (Å²) >= 11 is 0.779. The number of aliphatic imine (C=N–C) groups is 1. The highest BCUT2D eigenvalue weighted by Crippen LogP contribution is 2.29. The molecule has 0 radical (unpaired) electrons. The summed E-state index contributed by atoms with van der Waals surface area (Å²) in [5.74, 6) is -19.8. The molecule has 4 aliphatic rings. The maximum atomic E-state index is 15.8. The summed E-state index contributed by atoms with van der Waals surface area (Å²) in [6.07, 6.45) is 2.90. The largest absolute Gasteiger partial charge is 0.508 e. The third kappa shape index (κ3) is 29.4. The van der Waals surface area contributed by atoms with Gasteiger partial charge in [-0.3, -0.25) is 96.1 Å². The van der Waals surface area contributed by atoms with Crippen LogP contribution in [-0.4, -0.2) is 311 Å². The van der Waals surface area contributed by atoms with E-state index < -0.39 is 260 Å².